The Hall–Kier alpha value is -2.36. The quantitative estimate of drug-likeness (QED) is 0.930. The molecule has 1 N–H and O–H groups in total. The molecular formula is C17H18FNO2. The second-order valence-corrected chi connectivity index (χ2v) is 5.31. The van der Waals surface area contributed by atoms with Gasteiger partial charge in [0.15, 0.2) is 0 Å². The molecular weight excluding hydrogens is 269 g/mol. The Morgan fingerprint density at radius 1 is 1.14 bits per heavy atom. The molecule has 110 valence electrons. The van der Waals surface area contributed by atoms with Crippen LogP contribution in [0.4, 0.5) is 10.1 Å². The number of aryl methyl sites for hydroxylation is 2. The lowest BCUT2D eigenvalue weighted by atomic mass is 10.1. The van der Waals surface area contributed by atoms with Crippen LogP contribution in [0.1, 0.15) is 27.0 Å². The molecule has 0 aliphatic heterocycles. The maximum absolute atomic E-state index is 13.8. The summed E-state index contributed by atoms with van der Waals surface area (Å²) in [7, 11) is 1.86. The lowest BCUT2D eigenvalue weighted by molar-refractivity contribution is 0.0696. The van der Waals surface area contributed by atoms with Crippen LogP contribution in [-0.4, -0.2) is 18.1 Å². The standard InChI is InChI=1S/C17H18FNO2/c1-11-6-12(2)8-15(7-11)19(3)10-14-9-13(17(20)21)4-5-16(14)18/h4-9H,10H2,1-3H3,(H,20,21). The van der Waals surface area contributed by atoms with E-state index < -0.39 is 11.8 Å². The first-order chi connectivity index (χ1) is 9.86. The molecule has 0 aromatic heterocycles. The first-order valence-corrected chi connectivity index (χ1v) is 6.68. The number of carboxylic acid groups (broad SMARTS) is 1. The Bertz CT molecular complexity index is 662. The summed E-state index contributed by atoms with van der Waals surface area (Å²) in [5.41, 5.74) is 3.72. The molecule has 0 unspecified atom stereocenters. The van der Waals surface area contributed by atoms with Gasteiger partial charge >= 0.3 is 5.97 Å². The molecule has 2 aromatic rings. The van der Waals surface area contributed by atoms with E-state index in [0.29, 0.717) is 12.1 Å². The van der Waals surface area contributed by atoms with Crippen molar-refractivity contribution in [2.45, 2.75) is 20.4 Å². The van der Waals surface area contributed by atoms with Crippen LogP contribution >= 0.6 is 0 Å². The van der Waals surface area contributed by atoms with Gasteiger partial charge in [-0.2, -0.15) is 0 Å². The molecule has 21 heavy (non-hydrogen) atoms. The number of rotatable bonds is 4. The Kier molecular flexibility index (Phi) is 4.26. The van der Waals surface area contributed by atoms with E-state index in [1.807, 2.05) is 37.9 Å². The fraction of sp³-hybridized carbons (Fsp3) is 0.235. The molecule has 3 nitrogen and oxygen atoms in total. The molecule has 0 amide bonds. The molecule has 4 heteroatoms. The highest BCUT2D eigenvalue weighted by atomic mass is 19.1. The third-order valence-corrected chi connectivity index (χ3v) is 3.35. The topological polar surface area (TPSA) is 40.5 Å². The molecule has 0 radical (unpaired) electrons. The maximum Gasteiger partial charge on any atom is 0.335 e. The fourth-order valence-electron chi connectivity index (χ4n) is 2.35. The summed E-state index contributed by atoms with van der Waals surface area (Å²) in [5, 5.41) is 8.99. The highest BCUT2D eigenvalue weighted by Gasteiger charge is 2.11. The Labute approximate surface area is 123 Å². The number of benzene rings is 2. The molecule has 0 saturated carbocycles. The van der Waals surface area contributed by atoms with Gasteiger partial charge in [0.1, 0.15) is 5.82 Å². The van der Waals surface area contributed by atoms with Crippen molar-refractivity contribution in [1.29, 1.82) is 0 Å². The SMILES string of the molecule is Cc1cc(C)cc(N(C)Cc2cc(C(=O)O)ccc2F)c1. The molecule has 0 heterocycles. The summed E-state index contributed by atoms with van der Waals surface area (Å²) in [5.74, 6) is -1.44. The second kappa shape index (κ2) is 5.95. The molecule has 0 saturated heterocycles. The average molecular weight is 287 g/mol. The predicted molar refractivity (Wildman–Crippen MR) is 81.4 cm³/mol. The van der Waals surface area contributed by atoms with Crippen molar-refractivity contribution in [2.75, 3.05) is 11.9 Å². The van der Waals surface area contributed by atoms with Crippen molar-refractivity contribution in [1.82, 2.24) is 0 Å². The number of hydrogen-bond donors (Lipinski definition) is 1. The van der Waals surface area contributed by atoms with E-state index >= 15 is 0 Å². The largest absolute Gasteiger partial charge is 0.478 e. The van der Waals surface area contributed by atoms with E-state index in [-0.39, 0.29) is 5.56 Å². The van der Waals surface area contributed by atoms with Crippen LogP contribution in [-0.2, 0) is 6.54 Å². The van der Waals surface area contributed by atoms with Crippen LogP contribution in [0.3, 0.4) is 0 Å². The number of aromatic carboxylic acids is 1. The predicted octanol–water partition coefficient (Wildman–Crippen LogP) is 3.78. The highest BCUT2D eigenvalue weighted by molar-refractivity contribution is 5.87. The van der Waals surface area contributed by atoms with E-state index in [1.165, 1.54) is 18.2 Å². The summed E-state index contributed by atoms with van der Waals surface area (Å²) >= 11 is 0. The van der Waals surface area contributed by atoms with Gasteiger partial charge < -0.3 is 10.0 Å². The van der Waals surface area contributed by atoms with Crippen molar-refractivity contribution in [3.8, 4) is 0 Å². The molecule has 2 rings (SSSR count). The number of halogens is 1. The summed E-state index contributed by atoms with van der Waals surface area (Å²) in [6.07, 6.45) is 0. The average Bonchev–Trinajstić information content (AvgIpc) is 2.39. The zero-order valence-electron chi connectivity index (χ0n) is 12.4. The van der Waals surface area contributed by atoms with E-state index in [4.69, 9.17) is 5.11 Å². The number of anilines is 1. The normalized spacial score (nSPS) is 10.5. The molecule has 2 aromatic carbocycles. The first-order valence-electron chi connectivity index (χ1n) is 6.68. The number of carboxylic acids is 1. The van der Waals surface area contributed by atoms with Gasteiger partial charge in [0, 0.05) is 24.8 Å². The first kappa shape index (κ1) is 15.0. The molecule has 0 bridgehead atoms. The summed E-state index contributed by atoms with van der Waals surface area (Å²) in [4.78, 5) is 12.9. The Morgan fingerprint density at radius 2 is 1.76 bits per heavy atom. The van der Waals surface area contributed by atoms with Crippen LogP contribution in [0.2, 0.25) is 0 Å². The van der Waals surface area contributed by atoms with Gasteiger partial charge in [-0.25, -0.2) is 9.18 Å². The van der Waals surface area contributed by atoms with Crippen molar-refractivity contribution >= 4 is 11.7 Å². The molecule has 0 aliphatic rings. The Balaban J connectivity index is 2.28. The van der Waals surface area contributed by atoms with Gasteiger partial charge in [-0.1, -0.05) is 6.07 Å². The van der Waals surface area contributed by atoms with Gasteiger partial charge in [0.25, 0.3) is 0 Å². The lowest BCUT2D eigenvalue weighted by Crippen LogP contribution is -2.18. The van der Waals surface area contributed by atoms with Crippen LogP contribution < -0.4 is 4.90 Å². The van der Waals surface area contributed by atoms with E-state index in [1.54, 1.807) is 0 Å². The molecule has 0 spiro atoms. The third-order valence-electron chi connectivity index (χ3n) is 3.35. The monoisotopic (exact) mass is 287 g/mol. The summed E-state index contributed by atoms with van der Waals surface area (Å²) < 4.78 is 13.8. The maximum atomic E-state index is 13.8. The molecule has 0 atom stereocenters. The molecule has 0 fully saturated rings. The lowest BCUT2D eigenvalue weighted by Gasteiger charge is -2.21. The van der Waals surface area contributed by atoms with Gasteiger partial charge in [0.2, 0.25) is 0 Å². The Morgan fingerprint density at radius 3 is 2.33 bits per heavy atom. The van der Waals surface area contributed by atoms with Gasteiger partial charge in [-0.05, 0) is 55.3 Å². The van der Waals surface area contributed by atoms with Gasteiger partial charge in [-0.3, -0.25) is 0 Å². The van der Waals surface area contributed by atoms with E-state index in [2.05, 4.69) is 6.07 Å². The second-order valence-electron chi connectivity index (χ2n) is 5.31. The third kappa shape index (κ3) is 3.60. The highest BCUT2D eigenvalue weighted by Crippen LogP contribution is 2.21. The zero-order chi connectivity index (χ0) is 15.6. The summed E-state index contributed by atoms with van der Waals surface area (Å²) in [6.45, 7) is 4.34. The zero-order valence-corrected chi connectivity index (χ0v) is 12.4. The fourth-order valence-corrected chi connectivity index (χ4v) is 2.35. The van der Waals surface area contributed by atoms with Crippen molar-refractivity contribution in [3.63, 3.8) is 0 Å². The molecule has 0 aliphatic carbocycles. The van der Waals surface area contributed by atoms with Crippen LogP contribution in [0, 0.1) is 19.7 Å². The summed E-state index contributed by atoms with van der Waals surface area (Å²) in [6, 6.07) is 9.98. The van der Waals surface area contributed by atoms with E-state index in [0.717, 1.165) is 16.8 Å². The van der Waals surface area contributed by atoms with Crippen LogP contribution in [0.25, 0.3) is 0 Å². The van der Waals surface area contributed by atoms with Gasteiger partial charge in [-0.15, -0.1) is 0 Å². The number of hydrogen-bond acceptors (Lipinski definition) is 2. The number of carbonyl (C=O) groups is 1. The minimum atomic E-state index is -1.05. The van der Waals surface area contributed by atoms with Crippen molar-refractivity contribution in [2.24, 2.45) is 0 Å². The smallest absolute Gasteiger partial charge is 0.335 e. The van der Waals surface area contributed by atoms with Crippen molar-refractivity contribution < 1.29 is 14.3 Å². The number of nitrogens with zero attached hydrogens (tertiary/aromatic N) is 1. The minimum absolute atomic E-state index is 0.0974. The van der Waals surface area contributed by atoms with Crippen molar-refractivity contribution in [3.05, 3.63) is 64.5 Å². The minimum Gasteiger partial charge on any atom is -0.478 e. The van der Waals surface area contributed by atoms with Gasteiger partial charge in [0.05, 0.1) is 5.56 Å². The van der Waals surface area contributed by atoms with E-state index in [9.17, 15) is 9.18 Å². The van der Waals surface area contributed by atoms with Crippen LogP contribution in [0.5, 0.6) is 0 Å². The van der Waals surface area contributed by atoms with Crippen LogP contribution in [0.15, 0.2) is 36.4 Å².